The van der Waals surface area contributed by atoms with Crippen LogP contribution in [0.5, 0.6) is 0 Å². The van der Waals surface area contributed by atoms with Crippen LogP contribution in [-0.2, 0) is 0 Å². The van der Waals surface area contributed by atoms with Crippen LogP contribution in [0, 0.1) is 0 Å². The van der Waals surface area contributed by atoms with E-state index in [1.165, 1.54) is 24.8 Å². The summed E-state index contributed by atoms with van der Waals surface area (Å²) < 4.78 is 0. The minimum absolute atomic E-state index is 0.351. The van der Waals surface area contributed by atoms with Gasteiger partial charge in [-0.2, -0.15) is 0 Å². The van der Waals surface area contributed by atoms with Gasteiger partial charge in [0.2, 0.25) is 0 Å². The smallest absolute Gasteiger partial charge is 0.0545 e. The predicted molar refractivity (Wildman–Crippen MR) is 41.9 cm³/mol. The van der Waals surface area contributed by atoms with Gasteiger partial charge < -0.3 is 0 Å². The SMILES string of the molecule is CCC1=CCCCC1Cl. The third-order valence-electron chi connectivity index (χ3n) is 1.88. The third kappa shape index (κ3) is 1.72. The molecular weight excluding hydrogens is 132 g/mol. The molecule has 0 aromatic heterocycles. The summed E-state index contributed by atoms with van der Waals surface area (Å²) >= 11 is 6.01. The summed E-state index contributed by atoms with van der Waals surface area (Å²) in [4.78, 5) is 0. The molecule has 0 aromatic rings. The molecule has 0 radical (unpaired) electrons. The summed E-state index contributed by atoms with van der Waals surface area (Å²) in [5, 5.41) is 0.351. The Labute approximate surface area is 61.9 Å². The van der Waals surface area contributed by atoms with E-state index in [4.69, 9.17) is 11.6 Å². The van der Waals surface area contributed by atoms with Crippen molar-refractivity contribution in [2.45, 2.75) is 38.0 Å². The summed E-state index contributed by atoms with van der Waals surface area (Å²) in [6.45, 7) is 2.17. The lowest BCUT2D eigenvalue weighted by atomic mass is 9.97. The van der Waals surface area contributed by atoms with Gasteiger partial charge in [-0.05, 0) is 25.7 Å². The first-order valence-electron chi connectivity index (χ1n) is 3.67. The van der Waals surface area contributed by atoms with Crippen LogP contribution in [0.2, 0.25) is 0 Å². The highest BCUT2D eigenvalue weighted by molar-refractivity contribution is 6.22. The van der Waals surface area contributed by atoms with Gasteiger partial charge in [0.05, 0.1) is 5.38 Å². The zero-order valence-corrected chi connectivity index (χ0v) is 6.62. The predicted octanol–water partition coefficient (Wildman–Crippen LogP) is 3.11. The van der Waals surface area contributed by atoms with Crippen LogP contribution >= 0.6 is 11.6 Å². The molecule has 1 unspecified atom stereocenters. The molecule has 0 aromatic carbocycles. The average molecular weight is 145 g/mol. The van der Waals surface area contributed by atoms with Gasteiger partial charge in [-0.3, -0.25) is 0 Å². The van der Waals surface area contributed by atoms with Gasteiger partial charge in [0.25, 0.3) is 0 Å². The van der Waals surface area contributed by atoms with Crippen LogP contribution < -0.4 is 0 Å². The van der Waals surface area contributed by atoms with Crippen molar-refractivity contribution in [2.75, 3.05) is 0 Å². The Morgan fingerprint density at radius 1 is 1.78 bits per heavy atom. The fourth-order valence-corrected chi connectivity index (χ4v) is 1.66. The molecule has 1 aliphatic rings. The summed E-state index contributed by atoms with van der Waals surface area (Å²) in [6.07, 6.45) is 7.13. The van der Waals surface area contributed by atoms with E-state index in [9.17, 15) is 0 Å². The molecule has 1 atom stereocenters. The van der Waals surface area contributed by atoms with Crippen LogP contribution in [0.15, 0.2) is 11.6 Å². The lowest BCUT2D eigenvalue weighted by molar-refractivity contribution is 0.690. The van der Waals surface area contributed by atoms with Crippen LogP contribution in [0.1, 0.15) is 32.6 Å². The fourth-order valence-electron chi connectivity index (χ4n) is 1.26. The molecule has 0 saturated carbocycles. The van der Waals surface area contributed by atoms with E-state index < -0.39 is 0 Å². The molecule has 0 N–H and O–H groups in total. The van der Waals surface area contributed by atoms with Crippen molar-refractivity contribution in [1.82, 2.24) is 0 Å². The highest BCUT2D eigenvalue weighted by atomic mass is 35.5. The number of allylic oxidation sites excluding steroid dienone is 2. The molecule has 0 fully saturated rings. The molecule has 0 bridgehead atoms. The van der Waals surface area contributed by atoms with Gasteiger partial charge in [0.1, 0.15) is 0 Å². The second kappa shape index (κ2) is 3.26. The van der Waals surface area contributed by atoms with E-state index in [2.05, 4.69) is 13.0 Å². The molecule has 52 valence electrons. The van der Waals surface area contributed by atoms with E-state index in [0.29, 0.717) is 5.38 Å². The topological polar surface area (TPSA) is 0 Å². The van der Waals surface area contributed by atoms with Crippen molar-refractivity contribution in [1.29, 1.82) is 0 Å². The minimum Gasteiger partial charge on any atom is -0.118 e. The summed E-state index contributed by atoms with van der Waals surface area (Å²) in [7, 11) is 0. The van der Waals surface area contributed by atoms with Gasteiger partial charge in [-0.25, -0.2) is 0 Å². The number of rotatable bonds is 1. The first-order valence-corrected chi connectivity index (χ1v) is 4.11. The Morgan fingerprint density at radius 2 is 2.56 bits per heavy atom. The molecule has 0 heterocycles. The molecule has 1 heteroatoms. The zero-order valence-electron chi connectivity index (χ0n) is 5.86. The van der Waals surface area contributed by atoms with Gasteiger partial charge in [-0.1, -0.05) is 18.6 Å². The van der Waals surface area contributed by atoms with Crippen molar-refractivity contribution < 1.29 is 0 Å². The highest BCUT2D eigenvalue weighted by Gasteiger charge is 2.11. The van der Waals surface area contributed by atoms with Crippen LogP contribution in [0.3, 0.4) is 0 Å². The fraction of sp³-hybridized carbons (Fsp3) is 0.750. The Kier molecular flexibility index (Phi) is 2.59. The third-order valence-corrected chi connectivity index (χ3v) is 2.38. The highest BCUT2D eigenvalue weighted by Crippen LogP contribution is 2.24. The number of hydrogen-bond acceptors (Lipinski definition) is 0. The normalized spacial score (nSPS) is 27.8. The standard InChI is InChI=1S/C8H13Cl/c1-2-7-5-3-4-6-8(7)9/h5,8H,2-4,6H2,1H3. The molecule has 1 aliphatic carbocycles. The van der Waals surface area contributed by atoms with Gasteiger partial charge >= 0.3 is 0 Å². The molecular formula is C8H13Cl. The van der Waals surface area contributed by atoms with Gasteiger partial charge in [-0.15, -0.1) is 11.6 Å². The van der Waals surface area contributed by atoms with E-state index >= 15 is 0 Å². The van der Waals surface area contributed by atoms with Gasteiger partial charge in [0.15, 0.2) is 0 Å². The van der Waals surface area contributed by atoms with Crippen LogP contribution in [-0.4, -0.2) is 5.38 Å². The van der Waals surface area contributed by atoms with Crippen molar-refractivity contribution >= 4 is 11.6 Å². The summed E-state index contributed by atoms with van der Waals surface area (Å²) in [6, 6.07) is 0. The zero-order chi connectivity index (χ0) is 6.69. The van der Waals surface area contributed by atoms with Crippen molar-refractivity contribution in [2.24, 2.45) is 0 Å². The van der Waals surface area contributed by atoms with Crippen LogP contribution in [0.25, 0.3) is 0 Å². The first kappa shape index (κ1) is 7.14. The molecule has 0 aliphatic heterocycles. The maximum absolute atomic E-state index is 6.01. The first-order chi connectivity index (χ1) is 4.34. The molecule has 1 rings (SSSR count). The maximum atomic E-state index is 6.01. The molecule has 9 heavy (non-hydrogen) atoms. The molecule has 0 amide bonds. The van der Waals surface area contributed by atoms with E-state index in [1.54, 1.807) is 0 Å². The minimum atomic E-state index is 0.351. The number of alkyl halides is 1. The van der Waals surface area contributed by atoms with Gasteiger partial charge in [0, 0.05) is 0 Å². The van der Waals surface area contributed by atoms with Crippen molar-refractivity contribution in [3.8, 4) is 0 Å². The van der Waals surface area contributed by atoms with Crippen molar-refractivity contribution in [3.63, 3.8) is 0 Å². The summed E-state index contributed by atoms with van der Waals surface area (Å²) in [5.41, 5.74) is 1.45. The Bertz CT molecular complexity index is 116. The van der Waals surface area contributed by atoms with E-state index in [0.717, 1.165) is 6.42 Å². The molecule has 0 spiro atoms. The lowest BCUT2D eigenvalue weighted by Crippen LogP contribution is -2.06. The monoisotopic (exact) mass is 144 g/mol. The lowest BCUT2D eigenvalue weighted by Gasteiger charge is -2.16. The molecule has 0 saturated heterocycles. The molecule has 0 nitrogen and oxygen atoms in total. The second-order valence-corrected chi connectivity index (χ2v) is 3.06. The second-order valence-electron chi connectivity index (χ2n) is 2.53. The summed E-state index contributed by atoms with van der Waals surface area (Å²) in [5.74, 6) is 0. The average Bonchev–Trinajstić information content (AvgIpc) is 1.89. The van der Waals surface area contributed by atoms with Crippen molar-refractivity contribution in [3.05, 3.63) is 11.6 Å². The largest absolute Gasteiger partial charge is 0.118 e. The van der Waals surface area contributed by atoms with E-state index in [-0.39, 0.29) is 0 Å². The number of halogens is 1. The maximum Gasteiger partial charge on any atom is 0.0545 e. The Morgan fingerprint density at radius 3 is 3.00 bits per heavy atom. The van der Waals surface area contributed by atoms with Crippen LogP contribution in [0.4, 0.5) is 0 Å². The Hall–Kier alpha value is 0.0300. The quantitative estimate of drug-likeness (QED) is 0.392. The Balaban J connectivity index is 2.53. The number of hydrogen-bond donors (Lipinski definition) is 0. The van der Waals surface area contributed by atoms with E-state index in [1.807, 2.05) is 0 Å².